The van der Waals surface area contributed by atoms with E-state index in [4.69, 9.17) is 0 Å². The van der Waals surface area contributed by atoms with Crippen molar-refractivity contribution in [3.8, 4) is 0 Å². The van der Waals surface area contributed by atoms with Crippen molar-refractivity contribution < 1.29 is 4.39 Å². The van der Waals surface area contributed by atoms with Crippen molar-refractivity contribution in [3.63, 3.8) is 0 Å². The summed E-state index contributed by atoms with van der Waals surface area (Å²) in [6.45, 7) is 4.22. The second-order valence-corrected chi connectivity index (χ2v) is 4.74. The van der Waals surface area contributed by atoms with Crippen LogP contribution in [0, 0.1) is 17.7 Å². The number of halogens is 1. The average Bonchev–Trinajstić information content (AvgIpc) is 3.08. The molecule has 0 aromatic heterocycles. The van der Waals surface area contributed by atoms with Crippen LogP contribution in [0.1, 0.15) is 25.3 Å². The highest BCUT2D eigenvalue weighted by Crippen LogP contribution is 2.38. The van der Waals surface area contributed by atoms with Gasteiger partial charge in [-0.05, 0) is 61.9 Å². The van der Waals surface area contributed by atoms with Crippen LogP contribution in [0.25, 0.3) is 0 Å². The Hall–Kier alpha value is -0.890. The maximum absolute atomic E-state index is 13.1. The summed E-state index contributed by atoms with van der Waals surface area (Å²) in [5.74, 6) is 1.43. The van der Waals surface area contributed by atoms with Gasteiger partial charge in [-0.25, -0.2) is 4.39 Å². The zero-order valence-corrected chi connectivity index (χ0v) is 9.88. The predicted molar refractivity (Wildman–Crippen MR) is 64.9 cm³/mol. The molecule has 0 amide bonds. The van der Waals surface area contributed by atoms with E-state index in [1.807, 2.05) is 12.1 Å². The summed E-state index contributed by atoms with van der Waals surface area (Å²) in [4.78, 5) is 0. The van der Waals surface area contributed by atoms with Gasteiger partial charge in [-0.15, -0.1) is 0 Å². The van der Waals surface area contributed by atoms with Crippen LogP contribution < -0.4 is 5.32 Å². The predicted octanol–water partition coefficient (Wildman–Crippen LogP) is 3.00. The van der Waals surface area contributed by atoms with Crippen molar-refractivity contribution in [2.24, 2.45) is 11.8 Å². The summed E-state index contributed by atoms with van der Waals surface area (Å²) in [6, 6.07) is 7.02. The fourth-order valence-corrected chi connectivity index (χ4v) is 2.27. The average molecular weight is 221 g/mol. The first-order chi connectivity index (χ1) is 7.79. The topological polar surface area (TPSA) is 12.0 Å². The lowest BCUT2D eigenvalue weighted by molar-refractivity contribution is 0.428. The van der Waals surface area contributed by atoms with E-state index in [1.165, 1.54) is 18.9 Å². The monoisotopic (exact) mass is 221 g/mol. The fraction of sp³-hybridized carbons (Fsp3) is 0.571. The molecule has 0 radical (unpaired) electrons. The van der Waals surface area contributed by atoms with Gasteiger partial charge in [0.1, 0.15) is 5.82 Å². The number of nitrogens with one attached hydrogen (secondary N) is 1. The minimum absolute atomic E-state index is 0.115. The van der Waals surface area contributed by atoms with Crippen LogP contribution in [0.5, 0.6) is 0 Å². The molecule has 2 heteroatoms. The van der Waals surface area contributed by atoms with E-state index in [-0.39, 0.29) is 5.82 Å². The van der Waals surface area contributed by atoms with Gasteiger partial charge in [0.15, 0.2) is 0 Å². The molecule has 1 unspecified atom stereocenters. The summed E-state index contributed by atoms with van der Waals surface area (Å²) in [5, 5.41) is 3.41. The molecule has 1 N–H and O–H groups in total. The largest absolute Gasteiger partial charge is 0.317 e. The highest BCUT2D eigenvalue weighted by molar-refractivity contribution is 5.17. The maximum atomic E-state index is 13.1. The minimum atomic E-state index is -0.115. The van der Waals surface area contributed by atoms with E-state index >= 15 is 0 Å². The van der Waals surface area contributed by atoms with Gasteiger partial charge in [-0.2, -0.15) is 0 Å². The summed E-state index contributed by atoms with van der Waals surface area (Å²) in [5.41, 5.74) is 1.13. The fourth-order valence-electron chi connectivity index (χ4n) is 2.27. The first-order valence-electron chi connectivity index (χ1n) is 6.24. The molecule has 1 fully saturated rings. The Bertz CT molecular complexity index is 333. The van der Waals surface area contributed by atoms with Crippen molar-refractivity contribution in [1.82, 2.24) is 5.32 Å². The molecule has 0 bridgehead atoms. The Morgan fingerprint density at radius 1 is 1.44 bits per heavy atom. The van der Waals surface area contributed by atoms with Crippen LogP contribution in [0.15, 0.2) is 24.3 Å². The quantitative estimate of drug-likeness (QED) is 0.778. The number of rotatable bonds is 6. The maximum Gasteiger partial charge on any atom is 0.123 e. The second-order valence-electron chi connectivity index (χ2n) is 4.74. The first-order valence-corrected chi connectivity index (χ1v) is 6.24. The lowest BCUT2D eigenvalue weighted by atomic mass is 9.94. The van der Waals surface area contributed by atoms with Crippen molar-refractivity contribution in [2.75, 3.05) is 13.1 Å². The molecule has 1 nitrogen and oxygen atoms in total. The Morgan fingerprint density at radius 3 is 2.88 bits per heavy atom. The van der Waals surface area contributed by atoms with Crippen molar-refractivity contribution in [3.05, 3.63) is 35.6 Å². The standard InChI is InChI=1S/C14H20FN/c1-2-16-10-13(12-6-7-12)8-11-4-3-5-14(15)9-11/h3-5,9,12-13,16H,2,6-8,10H2,1H3. The Labute approximate surface area is 97.1 Å². The van der Waals surface area contributed by atoms with Gasteiger partial charge in [0.25, 0.3) is 0 Å². The Kier molecular flexibility index (Phi) is 3.94. The van der Waals surface area contributed by atoms with Gasteiger partial charge in [-0.1, -0.05) is 19.1 Å². The molecule has 2 rings (SSSR count). The zero-order chi connectivity index (χ0) is 11.4. The molecule has 1 aliphatic carbocycles. The molecule has 0 saturated heterocycles. The Morgan fingerprint density at radius 2 is 2.25 bits per heavy atom. The summed E-state index contributed by atoms with van der Waals surface area (Å²) >= 11 is 0. The van der Waals surface area contributed by atoms with Crippen LogP contribution in [-0.4, -0.2) is 13.1 Å². The van der Waals surface area contributed by atoms with Gasteiger partial charge in [0, 0.05) is 0 Å². The number of benzene rings is 1. The molecular weight excluding hydrogens is 201 g/mol. The Balaban J connectivity index is 1.94. The molecular formula is C14H20FN. The lowest BCUT2D eigenvalue weighted by Crippen LogP contribution is -2.25. The normalized spacial score (nSPS) is 17.4. The van der Waals surface area contributed by atoms with Crippen molar-refractivity contribution in [2.45, 2.75) is 26.2 Å². The summed E-state index contributed by atoms with van der Waals surface area (Å²) < 4.78 is 13.1. The van der Waals surface area contributed by atoms with Crippen molar-refractivity contribution in [1.29, 1.82) is 0 Å². The van der Waals surface area contributed by atoms with Gasteiger partial charge in [-0.3, -0.25) is 0 Å². The van der Waals surface area contributed by atoms with Crippen LogP contribution in [-0.2, 0) is 6.42 Å². The SMILES string of the molecule is CCNCC(Cc1cccc(F)c1)C1CC1. The van der Waals surface area contributed by atoms with E-state index in [9.17, 15) is 4.39 Å². The molecule has 88 valence electrons. The van der Waals surface area contributed by atoms with E-state index in [2.05, 4.69) is 12.2 Å². The van der Waals surface area contributed by atoms with E-state index in [0.29, 0.717) is 5.92 Å². The third-order valence-corrected chi connectivity index (χ3v) is 3.33. The number of hydrogen-bond donors (Lipinski definition) is 1. The second kappa shape index (κ2) is 5.44. The van der Waals surface area contributed by atoms with E-state index in [1.54, 1.807) is 6.07 Å². The molecule has 0 aliphatic heterocycles. The van der Waals surface area contributed by atoms with Crippen LogP contribution in [0.3, 0.4) is 0 Å². The lowest BCUT2D eigenvalue weighted by Gasteiger charge is -2.16. The molecule has 1 atom stereocenters. The van der Waals surface area contributed by atoms with Gasteiger partial charge < -0.3 is 5.32 Å². The van der Waals surface area contributed by atoms with Crippen molar-refractivity contribution >= 4 is 0 Å². The molecule has 1 saturated carbocycles. The zero-order valence-electron chi connectivity index (χ0n) is 9.88. The van der Waals surface area contributed by atoms with Crippen LogP contribution in [0.2, 0.25) is 0 Å². The summed E-state index contributed by atoms with van der Waals surface area (Å²) in [6.07, 6.45) is 3.71. The molecule has 1 aromatic rings. The van der Waals surface area contributed by atoms with Crippen LogP contribution >= 0.6 is 0 Å². The molecule has 1 aromatic carbocycles. The minimum Gasteiger partial charge on any atom is -0.317 e. The van der Waals surface area contributed by atoms with Gasteiger partial charge in [0.2, 0.25) is 0 Å². The summed E-state index contributed by atoms with van der Waals surface area (Å²) in [7, 11) is 0. The van der Waals surface area contributed by atoms with Gasteiger partial charge in [0.05, 0.1) is 0 Å². The van der Waals surface area contributed by atoms with E-state index in [0.717, 1.165) is 31.0 Å². The molecule has 0 spiro atoms. The van der Waals surface area contributed by atoms with E-state index < -0.39 is 0 Å². The third kappa shape index (κ3) is 3.31. The van der Waals surface area contributed by atoms with Crippen LogP contribution in [0.4, 0.5) is 4.39 Å². The third-order valence-electron chi connectivity index (χ3n) is 3.33. The highest BCUT2D eigenvalue weighted by atomic mass is 19.1. The molecule has 1 aliphatic rings. The number of hydrogen-bond acceptors (Lipinski definition) is 1. The highest BCUT2D eigenvalue weighted by Gasteiger charge is 2.30. The first kappa shape index (κ1) is 11.6. The smallest absolute Gasteiger partial charge is 0.123 e. The molecule has 16 heavy (non-hydrogen) atoms. The van der Waals surface area contributed by atoms with Gasteiger partial charge >= 0.3 is 0 Å². The molecule has 0 heterocycles.